The molecule has 1 N–H and O–H groups in total. The lowest BCUT2D eigenvalue weighted by molar-refractivity contribution is 0.629. The molecular weight excluding hydrogens is 181 g/mol. The van der Waals surface area contributed by atoms with E-state index in [0.29, 0.717) is 10.9 Å². The zero-order chi connectivity index (χ0) is 10.1. The van der Waals surface area contributed by atoms with E-state index in [-0.39, 0.29) is 11.2 Å². The molecule has 3 heteroatoms. The van der Waals surface area contributed by atoms with Crippen molar-refractivity contribution in [2.75, 3.05) is 0 Å². The summed E-state index contributed by atoms with van der Waals surface area (Å²) in [7, 11) is 0. The summed E-state index contributed by atoms with van der Waals surface area (Å²) >= 11 is 0. The molecule has 0 aliphatic heterocycles. The van der Waals surface area contributed by atoms with Crippen molar-refractivity contribution in [3.63, 3.8) is 0 Å². The summed E-state index contributed by atoms with van der Waals surface area (Å²) < 4.78 is 12.8. The number of aromatic nitrogens is 1. The van der Waals surface area contributed by atoms with E-state index in [1.54, 1.807) is 6.07 Å². The number of aryl methyl sites for hydroxylation is 1. The smallest absolute Gasteiger partial charge is 0.189 e. The Kier molecular flexibility index (Phi) is 2.08. The highest BCUT2D eigenvalue weighted by atomic mass is 19.1. The number of pyridine rings is 1. The maximum absolute atomic E-state index is 12.8. The average molecular weight is 191 g/mol. The van der Waals surface area contributed by atoms with Gasteiger partial charge in [0.05, 0.1) is 0 Å². The molecule has 0 saturated carbocycles. The zero-order valence-corrected chi connectivity index (χ0v) is 7.80. The van der Waals surface area contributed by atoms with Crippen molar-refractivity contribution in [1.29, 1.82) is 0 Å². The lowest BCUT2D eigenvalue weighted by Crippen LogP contribution is -2.04. The number of aromatic amines is 1. The van der Waals surface area contributed by atoms with E-state index >= 15 is 0 Å². The van der Waals surface area contributed by atoms with E-state index in [1.807, 2.05) is 6.92 Å². The molecule has 14 heavy (non-hydrogen) atoms. The first-order valence-corrected chi connectivity index (χ1v) is 4.52. The minimum absolute atomic E-state index is 0.130. The second-order valence-electron chi connectivity index (χ2n) is 3.20. The third kappa shape index (κ3) is 1.41. The van der Waals surface area contributed by atoms with Gasteiger partial charge in [0.25, 0.3) is 0 Å². The molecular formula is C11H10FNO. The summed E-state index contributed by atoms with van der Waals surface area (Å²) in [6.45, 7) is 1.96. The molecule has 2 nitrogen and oxygen atoms in total. The van der Waals surface area contributed by atoms with Gasteiger partial charge in [-0.05, 0) is 24.6 Å². The van der Waals surface area contributed by atoms with Gasteiger partial charge >= 0.3 is 0 Å². The van der Waals surface area contributed by atoms with E-state index in [0.717, 1.165) is 12.1 Å². The van der Waals surface area contributed by atoms with Crippen molar-refractivity contribution < 1.29 is 4.39 Å². The molecule has 0 amide bonds. The van der Waals surface area contributed by atoms with Crippen LogP contribution in [0.5, 0.6) is 0 Å². The molecule has 0 unspecified atom stereocenters. The van der Waals surface area contributed by atoms with Gasteiger partial charge < -0.3 is 4.98 Å². The quantitative estimate of drug-likeness (QED) is 0.736. The van der Waals surface area contributed by atoms with Gasteiger partial charge in [0, 0.05) is 22.7 Å². The van der Waals surface area contributed by atoms with Crippen LogP contribution in [-0.4, -0.2) is 4.98 Å². The normalized spacial score (nSPS) is 10.7. The Morgan fingerprint density at radius 1 is 1.36 bits per heavy atom. The number of H-pyrrole nitrogens is 1. The van der Waals surface area contributed by atoms with Crippen molar-refractivity contribution in [1.82, 2.24) is 4.98 Å². The number of benzene rings is 1. The highest BCUT2D eigenvalue weighted by Crippen LogP contribution is 2.10. The Bertz CT molecular complexity index is 530. The fraction of sp³-hybridized carbons (Fsp3) is 0.182. The first-order chi connectivity index (χ1) is 6.70. The topological polar surface area (TPSA) is 32.9 Å². The fourth-order valence-electron chi connectivity index (χ4n) is 1.46. The minimum atomic E-state index is -0.382. The fourth-order valence-corrected chi connectivity index (χ4v) is 1.46. The van der Waals surface area contributed by atoms with Gasteiger partial charge in [-0.3, -0.25) is 4.79 Å². The van der Waals surface area contributed by atoms with Crippen molar-refractivity contribution in [3.05, 3.63) is 46.0 Å². The summed E-state index contributed by atoms with van der Waals surface area (Å²) in [4.78, 5) is 14.6. The van der Waals surface area contributed by atoms with Crippen molar-refractivity contribution in [2.45, 2.75) is 13.3 Å². The first-order valence-electron chi connectivity index (χ1n) is 4.52. The summed E-state index contributed by atoms with van der Waals surface area (Å²) in [5.41, 5.74) is 1.43. The number of nitrogens with one attached hydrogen (secondary N) is 1. The summed E-state index contributed by atoms with van der Waals surface area (Å²) in [5.74, 6) is -0.382. The highest BCUT2D eigenvalue weighted by Gasteiger charge is 2.01. The standard InChI is InChI=1S/C11H10FNO/c1-2-8-6-11(14)9-5-7(12)3-4-10(9)13-8/h3-6H,2H2,1H3,(H,13,14). The summed E-state index contributed by atoms with van der Waals surface area (Å²) in [6.07, 6.45) is 0.766. The van der Waals surface area contributed by atoms with Gasteiger partial charge in [-0.25, -0.2) is 4.39 Å². The zero-order valence-electron chi connectivity index (χ0n) is 7.80. The Labute approximate surface area is 80.4 Å². The van der Waals surface area contributed by atoms with Crippen LogP contribution in [0, 0.1) is 5.82 Å². The maximum Gasteiger partial charge on any atom is 0.189 e. The number of fused-ring (bicyclic) bond motifs is 1. The van der Waals surface area contributed by atoms with Gasteiger partial charge in [0.1, 0.15) is 5.82 Å². The number of hydrogen-bond donors (Lipinski definition) is 1. The van der Waals surface area contributed by atoms with Gasteiger partial charge in [0.2, 0.25) is 0 Å². The van der Waals surface area contributed by atoms with Crippen LogP contribution in [0.4, 0.5) is 4.39 Å². The molecule has 2 aromatic rings. The van der Waals surface area contributed by atoms with Crippen LogP contribution in [-0.2, 0) is 6.42 Å². The Balaban J connectivity index is 2.83. The molecule has 72 valence electrons. The molecule has 0 saturated heterocycles. The van der Waals surface area contributed by atoms with Crippen molar-refractivity contribution >= 4 is 10.9 Å². The van der Waals surface area contributed by atoms with Crippen LogP contribution in [0.3, 0.4) is 0 Å². The third-order valence-corrected chi connectivity index (χ3v) is 2.23. The lowest BCUT2D eigenvalue weighted by atomic mass is 10.2. The summed E-state index contributed by atoms with van der Waals surface area (Å²) in [6, 6.07) is 5.71. The molecule has 0 atom stereocenters. The molecule has 0 aliphatic carbocycles. The predicted octanol–water partition coefficient (Wildman–Crippen LogP) is 2.23. The average Bonchev–Trinajstić information content (AvgIpc) is 2.19. The second kappa shape index (κ2) is 3.25. The van der Waals surface area contributed by atoms with E-state index in [1.165, 1.54) is 18.2 Å². The van der Waals surface area contributed by atoms with E-state index in [4.69, 9.17) is 0 Å². The Morgan fingerprint density at radius 3 is 2.86 bits per heavy atom. The van der Waals surface area contributed by atoms with E-state index in [9.17, 15) is 9.18 Å². The number of halogens is 1. The van der Waals surface area contributed by atoms with Crippen LogP contribution in [0.15, 0.2) is 29.1 Å². The SMILES string of the molecule is CCc1cc(=O)c2cc(F)ccc2[nH]1. The lowest BCUT2D eigenvalue weighted by Gasteiger charge is -2.01. The largest absolute Gasteiger partial charge is 0.358 e. The highest BCUT2D eigenvalue weighted by molar-refractivity contribution is 5.78. The molecule has 0 bridgehead atoms. The molecule has 1 aromatic carbocycles. The number of hydrogen-bond acceptors (Lipinski definition) is 1. The van der Waals surface area contributed by atoms with Crippen LogP contribution in [0.1, 0.15) is 12.6 Å². The van der Waals surface area contributed by atoms with E-state index in [2.05, 4.69) is 4.98 Å². The van der Waals surface area contributed by atoms with Crippen LogP contribution < -0.4 is 5.43 Å². The van der Waals surface area contributed by atoms with Crippen LogP contribution in [0.25, 0.3) is 10.9 Å². The van der Waals surface area contributed by atoms with E-state index < -0.39 is 0 Å². The van der Waals surface area contributed by atoms with Crippen molar-refractivity contribution in [3.8, 4) is 0 Å². The van der Waals surface area contributed by atoms with Crippen molar-refractivity contribution in [2.24, 2.45) is 0 Å². The Morgan fingerprint density at radius 2 is 2.14 bits per heavy atom. The van der Waals surface area contributed by atoms with Crippen LogP contribution in [0.2, 0.25) is 0 Å². The third-order valence-electron chi connectivity index (χ3n) is 2.23. The molecule has 0 fully saturated rings. The van der Waals surface area contributed by atoms with Crippen LogP contribution >= 0.6 is 0 Å². The molecule has 0 spiro atoms. The molecule has 1 heterocycles. The molecule has 0 aliphatic rings. The molecule has 1 aromatic heterocycles. The molecule has 0 radical (unpaired) electrons. The monoisotopic (exact) mass is 191 g/mol. The van der Waals surface area contributed by atoms with Gasteiger partial charge in [-0.2, -0.15) is 0 Å². The first kappa shape index (κ1) is 8.94. The molecule has 2 rings (SSSR count). The predicted molar refractivity (Wildman–Crippen MR) is 53.9 cm³/mol. The van der Waals surface area contributed by atoms with Gasteiger partial charge in [-0.1, -0.05) is 6.92 Å². The second-order valence-corrected chi connectivity index (χ2v) is 3.20. The van der Waals surface area contributed by atoms with Gasteiger partial charge in [0.15, 0.2) is 5.43 Å². The summed E-state index contributed by atoms with van der Waals surface area (Å²) in [5, 5.41) is 0.405. The van der Waals surface area contributed by atoms with Gasteiger partial charge in [-0.15, -0.1) is 0 Å². The number of rotatable bonds is 1. The Hall–Kier alpha value is -1.64. The minimum Gasteiger partial charge on any atom is -0.358 e. The maximum atomic E-state index is 12.8.